The molecule has 2 heterocycles. The quantitative estimate of drug-likeness (QED) is 0.697. The van der Waals surface area contributed by atoms with Crippen LogP contribution in [0.15, 0.2) is 36.4 Å². The molecule has 132 valence electrons. The van der Waals surface area contributed by atoms with Crippen LogP contribution in [-0.4, -0.2) is 28.9 Å². The van der Waals surface area contributed by atoms with Gasteiger partial charge in [0.05, 0.1) is 17.7 Å². The maximum absolute atomic E-state index is 13.2. The maximum Gasteiger partial charge on any atom is 0.416 e. The lowest BCUT2D eigenvalue weighted by Crippen LogP contribution is -2.41. The van der Waals surface area contributed by atoms with Crippen molar-refractivity contribution >= 4 is 21.8 Å². The van der Waals surface area contributed by atoms with Crippen molar-refractivity contribution in [3.8, 4) is 0 Å². The number of aromatic nitrogens is 1. The van der Waals surface area contributed by atoms with E-state index in [1.54, 1.807) is 0 Å². The van der Waals surface area contributed by atoms with E-state index in [0.29, 0.717) is 18.4 Å². The van der Waals surface area contributed by atoms with Gasteiger partial charge in [-0.1, -0.05) is 11.6 Å². The van der Waals surface area contributed by atoms with E-state index in [1.165, 1.54) is 12.1 Å². The average Bonchev–Trinajstić information content (AvgIpc) is 2.87. The SMILES string of the molecule is Cc1ccc2c(c1)c1cc(C(F)(F)F)ccc1n2[C@@H]1CNCC[C@H]1O. The second-order valence-electron chi connectivity index (χ2n) is 6.75. The van der Waals surface area contributed by atoms with Gasteiger partial charge >= 0.3 is 6.18 Å². The molecule has 0 radical (unpaired) electrons. The minimum atomic E-state index is -4.38. The Bertz CT molecular complexity index is 945. The van der Waals surface area contributed by atoms with E-state index in [9.17, 15) is 18.3 Å². The van der Waals surface area contributed by atoms with Crippen LogP contribution >= 0.6 is 0 Å². The molecule has 1 aliphatic rings. The highest BCUT2D eigenvalue weighted by molar-refractivity contribution is 6.08. The van der Waals surface area contributed by atoms with Gasteiger partial charge in [0.2, 0.25) is 0 Å². The van der Waals surface area contributed by atoms with E-state index in [4.69, 9.17) is 0 Å². The largest absolute Gasteiger partial charge is 0.416 e. The van der Waals surface area contributed by atoms with Gasteiger partial charge < -0.3 is 15.0 Å². The van der Waals surface area contributed by atoms with E-state index < -0.39 is 17.8 Å². The van der Waals surface area contributed by atoms with E-state index in [1.807, 2.05) is 29.7 Å². The molecule has 6 heteroatoms. The zero-order valence-corrected chi connectivity index (χ0v) is 13.8. The number of aliphatic hydroxyl groups excluding tert-OH is 1. The minimum absolute atomic E-state index is 0.201. The lowest BCUT2D eigenvalue weighted by atomic mass is 10.0. The number of benzene rings is 2. The van der Waals surface area contributed by atoms with E-state index in [0.717, 1.165) is 34.6 Å². The van der Waals surface area contributed by atoms with Crippen molar-refractivity contribution in [2.24, 2.45) is 0 Å². The van der Waals surface area contributed by atoms with Crippen LogP contribution in [-0.2, 0) is 6.18 Å². The van der Waals surface area contributed by atoms with Crippen molar-refractivity contribution in [1.82, 2.24) is 9.88 Å². The van der Waals surface area contributed by atoms with Gasteiger partial charge in [-0.05, 0) is 50.2 Å². The van der Waals surface area contributed by atoms with Gasteiger partial charge in [0, 0.05) is 28.4 Å². The standard InChI is InChI=1S/C19H19F3N2O/c1-11-2-4-15-13(8-11)14-9-12(19(20,21)22)3-5-16(14)24(15)17-10-23-7-6-18(17)25/h2-5,8-9,17-18,23,25H,6-7,10H2,1H3/t17-,18-/m1/s1. The number of hydrogen-bond acceptors (Lipinski definition) is 2. The number of nitrogens with one attached hydrogen (secondary N) is 1. The number of rotatable bonds is 1. The van der Waals surface area contributed by atoms with E-state index in [-0.39, 0.29) is 6.04 Å². The van der Waals surface area contributed by atoms with Crippen molar-refractivity contribution in [3.05, 3.63) is 47.5 Å². The highest BCUT2D eigenvalue weighted by Gasteiger charge is 2.32. The molecule has 1 aromatic heterocycles. The first kappa shape index (κ1) is 16.4. The third-order valence-corrected chi connectivity index (χ3v) is 5.03. The number of alkyl halides is 3. The lowest BCUT2D eigenvalue weighted by Gasteiger charge is -2.31. The molecule has 4 rings (SSSR count). The Balaban J connectivity index is 2.03. The molecule has 0 amide bonds. The van der Waals surface area contributed by atoms with Crippen LogP contribution in [0.5, 0.6) is 0 Å². The number of nitrogens with zero attached hydrogens (tertiary/aromatic N) is 1. The first-order chi connectivity index (χ1) is 11.9. The number of halogens is 3. The van der Waals surface area contributed by atoms with Gasteiger partial charge in [-0.15, -0.1) is 0 Å². The molecule has 2 atom stereocenters. The predicted octanol–water partition coefficient (Wildman–Crippen LogP) is 4.02. The summed E-state index contributed by atoms with van der Waals surface area (Å²) in [5.74, 6) is 0. The summed E-state index contributed by atoms with van der Waals surface area (Å²) in [6.45, 7) is 3.26. The summed E-state index contributed by atoms with van der Waals surface area (Å²) in [6.07, 6.45) is -4.28. The Morgan fingerprint density at radius 1 is 1.08 bits per heavy atom. The lowest BCUT2D eigenvalue weighted by molar-refractivity contribution is -0.137. The van der Waals surface area contributed by atoms with Crippen LogP contribution in [0.4, 0.5) is 13.2 Å². The Labute approximate surface area is 143 Å². The summed E-state index contributed by atoms with van der Waals surface area (Å²) < 4.78 is 41.5. The minimum Gasteiger partial charge on any atom is -0.391 e. The van der Waals surface area contributed by atoms with Gasteiger partial charge in [-0.2, -0.15) is 13.2 Å². The number of aryl methyl sites for hydroxylation is 1. The molecular weight excluding hydrogens is 329 g/mol. The normalized spacial score (nSPS) is 22.0. The third-order valence-electron chi connectivity index (χ3n) is 5.03. The van der Waals surface area contributed by atoms with Gasteiger partial charge in [0.25, 0.3) is 0 Å². The Morgan fingerprint density at radius 3 is 2.44 bits per heavy atom. The van der Waals surface area contributed by atoms with Crippen molar-refractivity contribution in [2.45, 2.75) is 31.7 Å². The third kappa shape index (κ3) is 2.69. The molecule has 1 aliphatic heterocycles. The molecule has 0 saturated carbocycles. The summed E-state index contributed by atoms with van der Waals surface area (Å²) in [7, 11) is 0. The van der Waals surface area contributed by atoms with Crippen molar-refractivity contribution in [1.29, 1.82) is 0 Å². The van der Waals surface area contributed by atoms with Crippen molar-refractivity contribution < 1.29 is 18.3 Å². The predicted molar refractivity (Wildman–Crippen MR) is 91.7 cm³/mol. The molecule has 2 N–H and O–H groups in total. The average molecular weight is 348 g/mol. The number of aliphatic hydroxyl groups is 1. The first-order valence-electron chi connectivity index (χ1n) is 8.36. The molecule has 0 spiro atoms. The maximum atomic E-state index is 13.2. The van der Waals surface area contributed by atoms with Crippen LogP contribution in [0.3, 0.4) is 0 Å². The highest BCUT2D eigenvalue weighted by Crippen LogP contribution is 2.38. The number of piperidine rings is 1. The summed E-state index contributed by atoms with van der Waals surface area (Å²) in [6, 6.07) is 9.45. The topological polar surface area (TPSA) is 37.2 Å². The van der Waals surface area contributed by atoms with Crippen LogP contribution in [0.1, 0.15) is 23.6 Å². The van der Waals surface area contributed by atoms with Crippen LogP contribution in [0.2, 0.25) is 0 Å². The molecule has 2 aromatic carbocycles. The summed E-state index contributed by atoms with van der Waals surface area (Å²) >= 11 is 0. The zero-order chi connectivity index (χ0) is 17.8. The molecule has 3 aromatic rings. The molecule has 0 unspecified atom stereocenters. The monoisotopic (exact) mass is 348 g/mol. The van der Waals surface area contributed by atoms with Crippen LogP contribution in [0.25, 0.3) is 21.8 Å². The van der Waals surface area contributed by atoms with Crippen molar-refractivity contribution in [2.75, 3.05) is 13.1 Å². The molecule has 25 heavy (non-hydrogen) atoms. The zero-order valence-electron chi connectivity index (χ0n) is 13.8. The van der Waals surface area contributed by atoms with Crippen LogP contribution < -0.4 is 5.32 Å². The molecule has 0 aliphatic carbocycles. The molecule has 3 nitrogen and oxygen atoms in total. The molecule has 1 fully saturated rings. The fourth-order valence-electron chi connectivity index (χ4n) is 3.79. The fourth-order valence-corrected chi connectivity index (χ4v) is 3.79. The van der Waals surface area contributed by atoms with E-state index in [2.05, 4.69) is 5.32 Å². The summed E-state index contributed by atoms with van der Waals surface area (Å²) in [4.78, 5) is 0. The van der Waals surface area contributed by atoms with Gasteiger partial charge in [-0.3, -0.25) is 0 Å². The Morgan fingerprint density at radius 2 is 1.76 bits per heavy atom. The Kier molecular flexibility index (Phi) is 3.77. The molecular formula is C19H19F3N2O. The second kappa shape index (κ2) is 5.75. The molecule has 0 bridgehead atoms. The second-order valence-corrected chi connectivity index (χ2v) is 6.75. The Hall–Kier alpha value is -2.05. The fraction of sp³-hybridized carbons (Fsp3) is 0.368. The van der Waals surface area contributed by atoms with Crippen molar-refractivity contribution in [3.63, 3.8) is 0 Å². The first-order valence-corrected chi connectivity index (χ1v) is 8.36. The van der Waals surface area contributed by atoms with Gasteiger partial charge in [-0.25, -0.2) is 0 Å². The number of hydrogen-bond donors (Lipinski definition) is 2. The number of fused-ring (bicyclic) bond motifs is 3. The molecule has 1 saturated heterocycles. The summed E-state index contributed by atoms with van der Waals surface area (Å²) in [5, 5.41) is 15.1. The summed E-state index contributed by atoms with van der Waals surface area (Å²) in [5.41, 5.74) is 1.92. The highest BCUT2D eigenvalue weighted by atomic mass is 19.4. The smallest absolute Gasteiger partial charge is 0.391 e. The van der Waals surface area contributed by atoms with Gasteiger partial charge in [0.1, 0.15) is 0 Å². The van der Waals surface area contributed by atoms with E-state index >= 15 is 0 Å². The van der Waals surface area contributed by atoms with Crippen LogP contribution in [0, 0.1) is 6.92 Å². The van der Waals surface area contributed by atoms with Gasteiger partial charge in [0.15, 0.2) is 0 Å².